The largest absolute Gasteiger partial charge is 0.483 e. The first-order valence-electron chi connectivity index (χ1n) is 15.4. The molecule has 2 N–H and O–H groups in total. The van der Waals surface area contributed by atoms with Gasteiger partial charge < -0.3 is 29.6 Å². The van der Waals surface area contributed by atoms with Crippen molar-refractivity contribution in [3.63, 3.8) is 0 Å². The van der Waals surface area contributed by atoms with E-state index in [1.165, 1.54) is 6.07 Å². The Morgan fingerprint density at radius 1 is 1.31 bits per heavy atom. The van der Waals surface area contributed by atoms with Crippen LogP contribution in [0.4, 0.5) is 23.8 Å². The quantitative estimate of drug-likeness (QED) is 0.276. The second-order valence-corrected chi connectivity index (χ2v) is 13.9. The zero-order chi connectivity index (χ0) is 33.5. The van der Waals surface area contributed by atoms with Crippen molar-refractivity contribution in [2.24, 2.45) is 5.73 Å². The summed E-state index contributed by atoms with van der Waals surface area (Å²) in [5.41, 5.74) is 4.13. The van der Waals surface area contributed by atoms with Crippen molar-refractivity contribution in [3.05, 3.63) is 34.4 Å². The lowest BCUT2D eigenvalue weighted by molar-refractivity contribution is -0.00451. The highest BCUT2D eigenvalue weighted by Crippen LogP contribution is 2.52. The van der Waals surface area contributed by atoms with Crippen molar-refractivity contribution in [2.45, 2.75) is 49.5 Å². The van der Waals surface area contributed by atoms with Crippen molar-refractivity contribution >= 4 is 55.8 Å². The molecular weight excluding hydrogens is 673 g/mol. The zero-order valence-corrected chi connectivity index (χ0v) is 27.1. The van der Waals surface area contributed by atoms with Crippen LogP contribution in [0.1, 0.15) is 31.2 Å². The van der Waals surface area contributed by atoms with Gasteiger partial charge in [-0.15, -0.1) is 0 Å². The van der Waals surface area contributed by atoms with Crippen LogP contribution in [0.2, 0.25) is 5.02 Å². The molecule has 2 aromatic heterocycles. The van der Waals surface area contributed by atoms with E-state index in [2.05, 4.69) is 9.88 Å². The number of nitrogens with zero attached hydrogens (tertiary/aromatic N) is 5. The Labute approximate surface area is 280 Å². The first-order chi connectivity index (χ1) is 23.1. The number of fused-ring (bicyclic) bond motifs is 3. The highest BCUT2D eigenvalue weighted by Gasteiger charge is 2.49. The third kappa shape index (κ3) is 4.72. The molecule has 8 rings (SSSR count). The molecule has 2 aromatic carbocycles. The van der Waals surface area contributed by atoms with Gasteiger partial charge in [0.1, 0.15) is 47.7 Å². The molecule has 0 unspecified atom stereocenters. The molecule has 0 saturated carbocycles. The van der Waals surface area contributed by atoms with Gasteiger partial charge in [0.25, 0.3) is 0 Å². The standard InChI is InChI=1S/C32H28ClF3N6O5S/c1-41-18-5-8-44-12-19(18)46-26-22-25(39-31(40-28(22)41)45-13-32-6-2-7-42(32)11-14(34)9-32)24(36)21(23(26)33)15-3-4-17(35)27-20(15)16(10-37)29(48-27)47-30(38)43/h3-4,14,18-19H,2,5-9,11-13H2,1H3,(H2,38,43)/t14-,18+,19+,32+/m1/s1. The molecule has 0 radical (unpaired) electrons. The van der Waals surface area contributed by atoms with E-state index in [1.54, 1.807) is 0 Å². The topological polar surface area (TPSA) is 136 Å². The molecule has 3 saturated heterocycles. The third-order valence-electron chi connectivity index (χ3n) is 9.88. The van der Waals surface area contributed by atoms with E-state index in [1.807, 2.05) is 18.0 Å². The van der Waals surface area contributed by atoms with Crippen LogP contribution < -0.4 is 24.8 Å². The van der Waals surface area contributed by atoms with E-state index in [0.717, 1.165) is 25.5 Å². The number of ether oxygens (including phenoxy) is 4. The number of nitrogens with two attached hydrogens (primary N) is 1. The van der Waals surface area contributed by atoms with E-state index in [9.17, 15) is 14.4 Å². The maximum atomic E-state index is 17.2. The number of thiophene rings is 1. The number of carbonyl (C=O) groups excluding carboxylic acids is 1. The normalized spacial score (nSPS) is 25.0. The Kier molecular flexibility index (Phi) is 7.48. The number of halogens is 4. The van der Waals surface area contributed by atoms with Crippen molar-refractivity contribution in [1.29, 1.82) is 5.26 Å². The Morgan fingerprint density at radius 2 is 2.15 bits per heavy atom. The van der Waals surface area contributed by atoms with Gasteiger partial charge in [0.15, 0.2) is 11.6 Å². The predicted molar refractivity (Wildman–Crippen MR) is 171 cm³/mol. The van der Waals surface area contributed by atoms with Crippen LogP contribution in [0.3, 0.4) is 0 Å². The summed E-state index contributed by atoms with van der Waals surface area (Å²) in [5, 5.41) is 9.85. The van der Waals surface area contributed by atoms with E-state index < -0.39 is 35.5 Å². The van der Waals surface area contributed by atoms with Gasteiger partial charge in [-0.1, -0.05) is 29.0 Å². The number of nitriles is 1. The van der Waals surface area contributed by atoms with Crippen LogP contribution in [0.5, 0.6) is 16.8 Å². The van der Waals surface area contributed by atoms with E-state index in [0.29, 0.717) is 43.1 Å². The molecule has 0 bridgehead atoms. The predicted octanol–water partition coefficient (Wildman–Crippen LogP) is 5.71. The Morgan fingerprint density at radius 3 is 2.94 bits per heavy atom. The Hall–Kier alpha value is -4.10. The summed E-state index contributed by atoms with van der Waals surface area (Å²) >= 11 is 7.72. The van der Waals surface area contributed by atoms with E-state index in [4.69, 9.17) is 41.3 Å². The van der Waals surface area contributed by atoms with Crippen LogP contribution in [0.25, 0.3) is 32.1 Å². The van der Waals surface area contributed by atoms with Gasteiger partial charge in [0.2, 0.25) is 5.06 Å². The van der Waals surface area contributed by atoms with E-state index >= 15 is 8.78 Å². The number of carbonyl (C=O) groups is 1. The van der Waals surface area contributed by atoms with Gasteiger partial charge in [0, 0.05) is 37.6 Å². The van der Waals surface area contributed by atoms with Gasteiger partial charge in [-0.3, -0.25) is 4.90 Å². The van der Waals surface area contributed by atoms with Gasteiger partial charge >= 0.3 is 12.1 Å². The fourth-order valence-electron chi connectivity index (χ4n) is 7.74. The minimum atomic E-state index is -1.20. The minimum absolute atomic E-state index is 0.0242. The van der Waals surface area contributed by atoms with E-state index in [-0.39, 0.29) is 78.8 Å². The smallest absolute Gasteiger partial charge is 0.410 e. The summed E-state index contributed by atoms with van der Waals surface area (Å²) in [4.78, 5) is 24.9. The second kappa shape index (κ2) is 11.5. The SMILES string of the molecule is CN1c2nc(OC[C@@]34CCCN3C[C@H](F)C4)nc3c(F)c(-c4ccc(F)c5sc(OC(N)=O)c(C#N)c45)c(Cl)c(c23)O[C@H]2COCC[C@@H]21. The van der Waals surface area contributed by atoms with Crippen LogP contribution in [0, 0.1) is 23.0 Å². The monoisotopic (exact) mass is 700 g/mol. The van der Waals surface area contributed by atoms with Crippen molar-refractivity contribution in [3.8, 4) is 34.0 Å². The third-order valence-corrected chi connectivity index (χ3v) is 11.3. The molecule has 4 aliphatic heterocycles. The van der Waals surface area contributed by atoms with Gasteiger partial charge in [-0.2, -0.15) is 15.2 Å². The first-order valence-corrected chi connectivity index (χ1v) is 16.6. The molecule has 0 spiro atoms. The summed E-state index contributed by atoms with van der Waals surface area (Å²) in [5.74, 6) is -1.20. The molecule has 4 aromatic rings. The summed E-state index contributed by atoms with van der Waals surface area (Å²) in [6.07, 6.45) is -0.106. The number of alkyl halides is 1. The number of likely N-dealkylation sites (N-methyl/N-ethyl adjacent to an activating group) is 1. The lowest BCUT2D eigenvalue weighted by Crippen LogP contribution is -2.49. The number of aromatic nitrogens is 2. The molecule has 11 nitrogen and oxygen atoms in total. The molecule has 6 heterocycles. The van der Waals surface area contributed by atoms with Crippen LogP contribution in [0.15, 0.2) is 12.1 Å². The highest BCUT2D eigenvalue weighted by atomic mass is 35.5. The van der Waals surface area contributed by atoms with Crippen molar-refractivity contribution in [2.75, 3.05) is 44.9 Å². The number of hydrogen-bond donors (Lipinski definition) is 1. The average molecular weight is 701 g/mol. The van der Waals surface area contributed by atoms with Gasteiger partial charge in [-0.05, 0) is 37.4 Å². The highest BCUT2D eigenvalue weighted by molar-refractivity contribution is 7.21. The van der Waals surface area contributed by atoms with Crippen LogP contribution in [-0.2, 0) is 4.74 Å². The first kappa shape index (κ1) is 31.2. The lowest BCUT2D eigenvalue weighted by Gasteiger charge is -2.36. The molecule has 0 aliphatic carbocycles. The summed E-state index contributed by atoms with van der Waals surface area (Å²) in [6, 6.07) is 3.99. The molecule has 4 atom stereocenters. The number of rotatable bonds is 5. The molecule has 3 fully saturated rings. The molecule has 4 aliphatic rings. The number of primary amides is 1. The maximum absolute atomic E-state index is 17.2. The fraction of sp³-hybridized carbons (Fsp3) is 0.438. The molecule has 1 amide bonds. The second-order valence-electron chi connectivity index (χ2n) is 12.5. The number of amides is 1. The Balaban J connectivity index is 1.35. The number of anilines is 1. The van der Waals surface area contributed by atoms with Gasteiger partial charge in [0.05, 0.1) is 33.3 Å². The summed E-state index contributed by atoms with van der Waals surface area (Å²) < 4.78 is 70.2. The lowest BCUT2D eigenvalue weighted by atomic mass is 9.95. The molecule has 250 valence electrons. The number of hydrogen-bond acceptors (Lipinski definition) is 11. The fourth-order valence-corrected chi connectivity index (χ4v) is 9.10. The van der Waals surface area contributed by atoms with Crippen molar-refractivity contribution < 1.29 is 36.9 Å². The van der Waals surface area contributed by atoms with Crippen molar-refractivity contribution in [1.82, 2.24) is 14.9 Å². The molecular formula is C32H28ClF3N6O5S. The van der Waals surface area contributed by atoms with Crippen LogP contribution >= 0.6 is 22.9 Å². The molecule has 16 heteroatoms. The number of benzene rings is 2. The summed E-state index contributed by atoms with van der Waals surface area (Å²) in [7, 11) is 1.82. The Bertz CT molecular complexity index is 2060. The maximum Gasteiger partial charge on any atom is 0.410 e. The van der Waals surface area contributed by atoms with Crippen LogP contribution in [-0.4, -0.2) is 84.8 Å². The zero-order valence-electron chi connectivity index (χ0n) is 25.5. The minimum Gasteiger partial charge on any atom is -0.483 e. The van der Waals surface area contributed by atoms with Gasteiger partial charge in [-0.25, -0.2) is 18.0 Å². The molecule has 48 heavy (non-hydrogen) atoms. The average Bonchev–Trinajstić information content (AvgIpc) is 3.69. The summed E-state index contributed by atoms with van der Waals surface area (Å²) in [6.45, 7) is 1.92.